The number of ether oxygens (including phenoxy) is 1. The number of benzene rings is 1. The minimum atomic E-state index is -3.13. The largest absolute Gasteiger partial charge is 0.427 e. The third-order valence-electron chi connectivity index (χ3n) is 4.03. The van der Waals surface area contributed by atoms with Crippen LogP contribution < -0.4 is 9.64 Å². The molecule has 2 heterocycles. The first kappa shape index (κ1) is 18.0. The predicted octanol–water partition coefficient (Wildman–Crippen LogP) is 2.21. The van der Waals surface area contributed by atoms with Crippen molar-refractivity contribution >= 4 is 11.4 Å². The van der Waals surface area contributed by atoms with E-state index in [1.807, 2.05) is 4.90 Å². The van der Waals surface area contributed by atoms with Gasteiger partial charge in [0.2, 0.25) is 11.6 Å². The Kier molecular flexibility index (Phi) is 5.26. The Morgan fingerprint density at radius 2 is 2.08 bits per heavy atom. The average molecular weight is 369 g/mol. The van der Waals surface area contributed by atoms with Gasteiger partial charge in [0.25, 0.3) is 0 Å². The quantitative estimate of drug-likeness (QED) is 0.565. The highest BCUT2D eigenvalue weighted by molar-refractivity contribution is 5.59. The summed E-state index contributed by atoms with van der Waals surface area (Å²) in [4.78, 5) is 18.5. The minimum Gasteiger partial charge on any atom is -0.427 e. The first-order valence-electron chi connectivity index (χ1n) is 7.92. The van der Waals surface area contributed by atoms with Gasteiger partial charge in [0.05, 0.1) is 11.5 Å². The van der Waals surface area contributed by atoms with Crippen LogP contribution in [0.15, 0.2) is 22.7 Å². The summed E-state index contributed by atoms with van der Waals surface area (Å²) in [6.45, 7) is 1.82. The van der Waals surface area contributed by atoms with Gasteiger partial charge in [0.1, 0.15) is 0 Å². The maximum Gasteiger partial charge on any atom is 0.387 e. The number of halogens is 2. The third-order valence-corrected chi connectivity index (χ3v) is 4.03. The van der Waals surface area contributed by atoms with E-state index in [-0.39, 0.29) is 0 Å². The Morgan fingerprint density at radius 1 is 1.35 bits per heavy atom. The Balaban J connectivity index is 1.65. The second kappa shape index (κ2) is 7.60. The van der Waals surface area contributed by atoms with E-state index in [0.29, 0.717) is 50.1 Å². The average Bonchev–Trinajstić information content (AvgIpc) is 2.99. The Morgan fingerprint density at radius 3 is 2.65 bits per heavy atom. The van der Waals surface area contributed by atoms with Crippen LogP contribution in [0.1, 0.15) is 11.7 Å². The number of hydrogen-bond acceptors (Lipinski definition) is 8. The number of anilines is 1. The predicted molar refractivity (Wildman–Crippen MR) is 86.3 cm³/mol. The van der Waals surface area contributed by atoms with Crippen molar-refractivity contribution in [2.75, 3.05) is 31.1 Å². The van der Waals surface area contributed by atoms with Gasteiger partial charge in [-0.2, -0.15) is 13.8 Å². The number of hydrogen-bond donors (Lipinski definition) is 0. The van der Waals surface area contributed by atoms with E-state index in [1.54, 1.807) is 6.92 Å². The number of nitro groups is 1. The van der Waals surface area contributed by atoms with Gasteiger partial charge in [-0.3, -0.25) is 15.0 Å². The maximum absolute atomic E-state index is 12.5. The maximum atomic E-state index is 12.5. The standard InChI is InChI=1S/C15H17F2N5O4/c1-10-18-14(19-26-10)9-20-4-6-21(7-5-20)11-2-3-12(22(23)24)13(8-11)25-15(16)17/h2-3,8,15H,4-7,9H2,1H3. The zero-order valence-electron chi connectivity index (χ0n) is 14.0. The van der Waals surface area contributed by atoms with Crippen molar-refractivity contribution in [2.24, 2.45) is 0 Å². The smallest absolute Gasteiger partial charge is 0.387 e. The number of nitrogens with zero attached hydrogens (tertiary/aromatic N) is 5. The number of aryl methyl sites for hydroxylation is 1. The molecule has 1 aromatic heterocycles. The molecule has 0 unspecified atom stereocenters. The van der Waals surface area contributed by atoms with Crippen LogP contribution in [0.4, 0.5) is 20.2 Å². The molecule has 9 nitrogen and oxygen atoms in total. The summed E-state index contributed by atoms with van der Waals surface area (Å²) in [6.07, 6.45) is 0. The number of rotatable bonds is 6. The summed E-state index contributed by atoms with van der Waals surface area (Å²) in [5.41, 5.74) is 0.112. The van der Waals surface area contributed by atoms with Crippen molar-refractivity contribution in [3.8, 4) is 5.75 Å². The Bertz CT molecular complexity index is 777. The molecule has 0 saturated carbocycles. The lowest BCUT2D eigenvalue weighted by molar-refractivity contribution is -0.386. The second-order valence-corrected chi connectivity index (χ2v) is 5.78. The van der Waals surface area contributed by atoms with Gasteiger partial charge in [0, 0.05) is 50.9 Å². The van der Waals surface area contributed by atoms with Crippen LogP contribution in [0.5, 0.6) is 5.75 Å². The summed E-state index contributed by atoms with van der Waals surface area (Å²) in [7, 11) is 0. The fourth-order valence-corrected chi connectivity index (χ4v) is 2.81. The first-order chi connectivity index (χ1) is 12.4. The minimum absolute atomic E-state index is 0.438. The molecule has 0 spiro atoms. The zero-order valence-corrected chi connectivity index (χ0v) is 14.0. The zero-order chi connectivity index (χ0) is 18.7. The molecule has 140 valence electrons. The SMILES string of the molecule is Cc1nc(CN2CCN(c3ccc([N+](=O)[O-])c(OC(F)F)c3)CC2)no1. The molecule has 26 heavy (non-hydrogen) atoms. The summed E-state index contributed by atoms with van der Waals surface area (Å²) in [5, 5.41) is 14.8. The third kappa shape index (κ3) is 4.23. The molecule has 11 heteroatoms. The van der Waals surface area contributed by atoms with E-state index < -0.39 is 23.0 Å². The molecule has 0 aliphatic carbocycles. The van der Waals surface area contributed by atoms with E-state index in [9.17, 15) is 18.9 Å². The van der Waals surface area contributed by atoms with Gasteiger partial charge in [-0.25, -0.2) is 0 Å². The highest BCUT2D eigenvalue weighted by atomic mass is 19.3. The molecule has 0 bridgehead atoms. The summed E-state index contributed by atoms with van der Waals surface area (Å²) in [5.74, 6) is 0.683. The van der Waals surface area contributed by atoms with Crippen LogP contribution >= 0.6 is 0 Å². The molecule has 0 radical (unpaired) electrons. The molecule has 3 rings (SSSR count). The highest BCUT2D eigenvalue weighted by Crippen LogP contribution is 2.33. The van der Waals surface area contributed by atoms with Crippen LogP contribution in [-0.4, -0.2) is 52.8 Å². The number of alkyl halides is 2. The van der Waals surface area contributed by atoms with Crippen molar-refractivity contribution < 1.29 is 23.0 Å². The second-order valence-electron chi connectivity index (χ2n) is 5.78. The molecule has 2 aromatic rings. The molecule has 1 aliphatic heterocycles. The molecule has 0 atom stereocenters. The van der Waals surface area contributed by atoms with Crippen LogP contribution in [-0.2, 0) is 6.54 Å². The lowest BCUT2D eigenvalue weighted by atomic mass is 10.2. The van der Waals surface area contributed by atoms with Crippen LogP contribution in [0.3, 0.4) is 0 Å². The lowest BCUT2D eigenvalue weighted by Gasteiger charge is -2.35. The van der Waals surface area contributed by atoms with E-state index in [0.717, 1.165) is 0 Å². The van der Waals surface area contributed by atoms with Crippen molar-refractivity contribution in [3.63, 3.8) is 0 Å². The first-order valence-corrected chi connectivity index (χ1v) is 7.92. The molecule has 1 aliphatic rings. The van der Waals surface area contributed by atoms with Crippen LogP contribution in [0.2, 0.25) is 0 Å². The van der Waals surface area contributed by atoms with Gasteiger partial charge < -0.3 is 14.2 Å². The van der Waals surface area contributed by atoms with Gasteiger partial charge >= 0.3 is 12.3 Å². The number of nitro benzene ring substituents is 1. The van der Waals surface area contributed by atoms with E-state index >= 15 is 0 Å². The molecule has 1 fully saturated rings. The molecule has 0 N–H and O–H groups in total. The fraction of sp³-hybridized carbons (Fsp3) is 0.467. The van der Waals surface area contributed by atoms with Crippen molar-refractivity contribution in [3.05, 3.63) is 40.0 Å². The van der Waals surface area contributed by atoms with Gasteiger partial charge in [-0.05, 0) is 6.07 Å². The lowest BCUT2D eigenvalue weighted by Crippen LogP contribution is -2.46. The van der Waals surface area contributed by atoms with Gasteiger partial charge in [-0.15, -0.1) is 0 Å². The normalized spacial score (nSPS) is 15.5. The van der Waals surface area contributed by atoms with E-state index in [1.165, 1.54) is 18.2 Å². The number of aromatic nitrogens is 2. The van der Waals surface area contributed by atoms with Gasteiger partial charge in [-0.1, -0.05) is 5.16 Å². The van der Waals surface area contributed by atoms with Gasteiger partial charge in [0.15, 0.2) is 5.82 Å². The number of piperazine rings is 1. The summed E-state index contributed by atoms with van der Waals surface area (Å²) >= 11 is 0. The van der Waals surface area contributed by atoms with E-state index in [4.69, 9.17) is 4.52 Å². The van der Waals surface area contributed by atoms with Crippen molar-refractivity contribution in [1.29, 1.82) is 0 Å². The van der Waals surface area contributed by atoms with Crippen LogP contribution in [0, 0.1) is 17.0 Å². The van der Waals surface area contributed by atoms with Crippen molar-refractivity contribution in [2.45, 2.75) is 20.1 Å². The Labute approximate surface area is 147 Å². The summed E-state index contributed by atoms with van der Waals surface area (Å²) in [6, 6.07) is 4.00. The molecular weight excluding hydrogens is 352 g/mol. The van der Waals surface area contributed by atoms with E-state index in [2.05, 4.69) is 19.8 Å². The molecular formula is C15H17F2N5O4. The molecule has 1 saturated heterocycles. The highest BCUT2D eigenvalue weighted by Gasteiger charge is 2.23. The van der Waals surface area contributed by atoms with Crippen LogP contribution in [0.25, 0.3) is 0 Å². The fourth-order valence-electron chi connectivity index (χ4n) is 2.81. The molecule has 1 aromatic carbocycles. The topological polar surface area (TPSA) is 97.8 Å². The van der Waals surface area contributed by atoms with Crippen molar-refractivity contribution in [1.82, 2.24) is 15.0 Å². The Hall–Kier alpha value is -2.82. The summed E-state index contributed by atoms with van der Waals surface area (Å²) < 4.78 is 34.3. The molecule has 0 amide bonds. The monoisotopic (exact) mass is 369 g/mol.